The number of carbonyl (C=O) groups excluding carboxylic acids is 2. The van der Waals surface area contributed by atoms with Gasteiger partial charge in [0.25, 0.3) is 0 Å². The number of benzene rings is 1. The van der Waals surface area contributed by atoms with Gasteiger partial charge >= 0.3 is 11.8 Å². The summed E-state index contributed by atoms with van der Waals surface area (Å²) in [4.78, 5) is 22.5. The smallest absolute Gasteiger partial charge is 0.329 e. The second kappa shape index (κ2) is 7.60. The summed E-state index contributed by atoms with van der Waals surface area (Å²) >= 11 is 3.32. The van der Waals surface area contributed by atoms with E-state index in [1.165, 1.54) is 6.21 Å². The molecule has 0 radical (unpaired) electrons. The SMILES string of the molecule is CCCNC(=O)C(=O)NN=Cc1cccc(Br)c1. The van der Waals surface area contributed by atoms with Crippen molar-refractivity contribution in [2.24, 2.45) is 5.10 Å². The van der Waals surface area contributed by atoms with Crippen LogP contribution in [0.15, 0.2) is 33.8 Å². The van der Waals surface area contributed by atoms with E-state index in [2.05, 4.69) is 31.8 Å². The molecule has 0 aliphatic heterocycles. The van der Waals surface area contributed by atoms with Gasteiger partial charge in [0.1, 0.15) is 0 Å². The molecule has 0 aromatic heterocycles. The standard InChI is InChI=1S/C12H14BrN3O2/c1-2-6-14-11(17)12(18)16-15-8-9-4-3-5-10(13)7-9/h3-5,7-8H,2,6H2,1H3,(H,14,17)(H,16,18). The quantitative estimate of drug-likeness (QED) is 0.501. The molecular formula is C12H14BrN3O2. The molecule has 18 heavy (non-hydrogen) atoms. The third-order valence-electron chi connectivity index (χ3n) is 1.97. The number of nitrogens with zero attached hydrogens (tertiary/aromatic N) is 1. The zero-order valence-corrected chi connectivity index (χ0v) is 11.5. The van der Waals surface area contributed by atoms with E-state index in [4.69, 9.17) is 0 Å². The fourth-order valence-corrected chi connectivity index (χ4v) is 1.54. The third kappa shape index (κ3) is 5.09. The van der Waals surface area contributed by atoms with Gasteiger partial charge in [-0.1, -0.05) is 35.0 Å². The summed E-state index contributed by atoms with van der Waals surface area (Å²) < 4.78 is 0.915. The minimum atomic E-state index is -0.769. The summed E-state index contributed by atoms with van der Waals surface area (Å²) in [6.07, 6.45) is 2.25. The van der Waals surface area contributed by atoms with E-state index in [0.717, 1.165) is 16.5 Å². The van der Waals surface area contributed by atoms with Gasteiger partial charge in [-0.2, -0.15) is 5.10 Å². The highest BCUT2D eigenvalue weighted by atomic mass is 79.9. The molecule has 1 aromatic carbocycles. The molecule has 2 N–H and O–H groups in total. The first-order chi connectivity index (χ1) is 8.63. The van der Waals surface area contributed by atoms with Crippen molar-refractivity contribution < 1.29 is 9.59 Å². The molecule has 5 nitrogen and oxygen atoms in total. The van der Waals surface area contributed by atoms with Crippen LogP contribution in [0, 0.1) is 0 Å². The predicted octanol–water partition coefficient (Wildman–Crippen LogP) is 1.43. The molecule has 0 aliphatic rings. The normalized spacial score (nSPS) is 10.3. The van der Waals surface area contributed by atoms with Crippen molar-refractivity contribution in [3.63, 3.8) is 0 Å². The van der Waals surface area contributed by atoms with Gasteiger partial charge in [0, 0.05) is 11.0 Å². The lowest BCUT2D eigenvalue weighted by Gasteiger charge is -2.01. The van der Waals surface area contributed by atoms with Crippen molar-refractivity contribution >= 4 is 34.0 Å². The van der Waals surface area contributed by atoms with E-state index in [0.29, 0.717) is 6.54 Å². The Bertz CT molecular complexity index is 460. The van der Waals surface area contributed by atoms with Gasteiger partial charge < -0.3 is 5.32 Å². The Morgan fingerprint density at radius 1 is 1.39 bits per heavy atom. The monoisotopic (exact) mass is 311 g/mol. The van der Waals surface area contributed by atoms with Crippen molar-refractivity contribution in [3.8, 4) is 0 Å². The molecule has 0 atom stereocenters. The Kier molecular flexibility index (Phi) is 6.07. The molecule has 0 heterocycles. The van der Waals surface area contributed by atoms with Gasteiger partial charge in [0.05, 0.1) is 6.21 Å². The van der Waals surface area contributed by atoms with Crippen molar-refractivity contribution in [2.75, 3.05) is 6.54 Å². The van der Waals surface area contributed by atoms with Crippen LogP contribution in [0.4, 0.5) is 0 Å². The molecule has 1 aromatic rings. The number of amides is 2. The van der Waals surface area contributed by atoms with Crippen LogP contribution < -0.4 is 10.7 Å². The molecule has 96 valence electrons. The summed E-state index contributed by atoms with van der Waals surface area (Å²) in [7, 11) is 0. The van der Waals surface area contributed by atoms with Crippen molar-refractivity contribution in [1.29, 1.82) is 0 Å². The van der Waals surface area contributed by atoms with Crippen LogP contribution in [-0.2, 0) is 9.59 Å². The molecule has 0 saturated carbocycles. The lowest BCUT2D eigenvalue weighted by molar-refractivity contribution is -0.139. The number of hydrogen-bond acceptors (Lipinski definition) is 3. The average Bonchev–Trinajstić information content (AvgIpc) is 2.35. The number of hydrazone groups is 1. The van der Waals surface area contributed by atoms with Gasteiger partial charge in [0.2, 0.25) is 0 Å². The van der Waals surface area contributed by atoms with Crippen LogP contribution in [0.3, 0.4) is 0 Å². The van der Waals surface area contributed by atoms with Gasteiger partial charge in [0.15, 0.2) is 0 Å². The Morgan fingerprint density at radius 3 is 2.83 bits per heavy atom. The molecule has 0 aliphatic carbocycles. The van der Waals surface area contributed by atoms with Crippen LogP contribution in [0.25, 0.3) is 0 Å². The van der Waals surface area contributed by atoms with Crippen LogP contribution in [0.2, 0.25) is 0 Å². The number of carbonyl (C=O) groups is 2. The topological polar surface area (TPSA) is 70.6 Å². The van der Waals surface area contributed by atoms with E-state index in [1.807, 2.05) is 31.2 Å². The third-order valence-corrected chi connectivity index (χ3v) is 2.46. The van der Waals surface area contributed by atoms with E-state index < -0.39 is 11.8 Å². The fourth-order valence-electron chi connectivity index (χ4n) is 1.12. The minimum absolute atomic E-state index is 0.474. The summed E-state index contributed by atoms with van der Waals surface area (Å²) in [5, 5.41) is 6.16. The Hall–Kier alpha value is -1.69. The first-order valence-corrected chi connectivity index (χ1v) is 6.29. The number of nitrogens with one attached hydrogen (secondary N) is 2. The molecular weight excluding hydrogens is 298 g/mol. The largest absolute Gasteiger partial charge is 0.348 e. The summed E-state index contributed by atoms with van der Waals surface area (Å²) in [5.74, 6) is -1.45. The number of halogens is 1. The van der Waals surface area contributed by atoms with E-state index in [1.54, 1.807) is 0 Å². The molecule has 2 amide bonds. The second-order valence-corrected chi connectivity index (χ2v) is 4.43. The second-order valence-electron chi connectivity index (χ2n) is 3.51. The molecule has 0 bridgehead atoms. The average molecular weight is 312 g/mol. The molecule has 0 fully saturated rings. The number of hydrogen-bond donors (Lipinski definition) is 2. The molecule has 6 heteroatoms. The highest BCUT2D eigenvalue weighted by molar-refractivity contribution is 9.10. The first-order valence-electron chi connectivity index (χ1n) is 5.50. The summed E-state index contributed by atoms with van der Waals surface area (Å²) in [6, 6.07) is 7.40. The Labute approximate surface area is 114 Å². The first kappa shape index (κ1) is 14.4. The lowest BCUT2D eigenvalue weighted by Crippen LogP contribution is -2.38. The maximum absolute atomic E-state index is 11.3. The molecule has 1 rings (SSSR count). The Balaban J connectivity index is 2.45. The van der Waals surface area contributed by atoms with Gasteiger partial charge in [-0.05, 0) is 24.1 Å². The van der Waals surface area contributed by atoms with Gasteiger partial charge in [-0.25, -0.2) is 5.43 Å². The maximum Gasteiger partial charge on any atom is 0.329 e. The predicted molar refractivity (Wildman–Crippen MR) is 73.2 cm³/mol. The van der Waals surface area contributed by atoms with Crippen LogP contribution >= 0.6 is 15.9 Å². The zero-order valence-electron chi connectivity index (χ0n) is 9.94. The molecule has 0 saturated heterocycles. The molecule has 0 unspecified atom stereocenters. The van der Waals surface area contributed by atoms with E-state index in [-0.39, 0.29) is 0 Å². The lowest BCUT2D eigenvalue weighted by atomic mass is 10.2. The maximum atomic E-state index is 11.3. The van der Waals surface area contributed by atoms with E-state index in [9.17, 15) is 9.59 Å². The summed E-state index contributed by atoms with van der Waals surface area (Å²) in [5.41, 5.74) is 2.98. The van der Waals surface area contributed by atoms with Crippen LogP contribution in [0.1, 0.15) is 18.9 Å². The molecule has 0 spiro atoms. The highest BCUT2D eigenvalue weighted by Gasteiger charge is 2.10. The Morgan fingerprint density at radius 2 is 2.17 bits per heavy atom. The summed E-state index contributed by atoms with van der Waals surface area (Å²) in [6.45, 7) is 2.38. The highest BCUT2D eigenvalue weighted by Crippen LogP contribution is 2.09. The van der Waals surface area contributed by atoms with E-state index >= 15 is 0 Å². The van der Waals surface area contributed by atoms with Gasteiger partial charge in [-0.3, -0.25) is 9.59 Å². The van der Waals surface area contributed by atoms with Crippen molar-refractivity contribution in [1.82, 2.24) is 10.7 Å². The van der Waals surface area contributed by atoms with Crippen molar-refractivity contribution in [3.05, 3.63) is 34.3 Å². The minimum Gasteiger partial charge on any atom is -0.348 e. The number of rotatable bonds is 4. The van der Waals surface area contributed by atoms with Crippen LogP contribution in [0.5, 0.6) is 0 Å². The van der Waals surface area contributed by atoms with Crippen LogP contribution in [-0.4, -0.2) is 24.6 Å². The van der Waals surface area contributed by atoms with Gasteiger partial charge in [-0.15, -0.1) is 0 Å². The van der Waals surface area contributed by atoms with Crippen molar-refractivity contribution in [2.45, 2.75) is 13.3 Å². The zero-order chi connectivity index (χ0) is 13.4. The fraction of sp³-hybridized carbons (Fsp3) is 0.250.